The lowest BCUT2D eigenvalue weighted by Gasteiger charge is -2.35. The summed E-state index contributed by atoms with van der Waals surface area (Å²) in [6.45, 7) is 7.79. The molecular weight excluding hydrogens is 457 g/mol. The quantitative estimate of drug-likeness (QED) is 0.385. The monoisotopic (exact) mass is 485 g/mol. The van der Waals surface area contributed by atoms with E-state index in [9.17, 15) is 0 Å². The van der Waals surface area contributed by atoms with E-state index in [1.165, 1.54) is 23.4 Å². The van der Waals surface area contributed by atoms with E-state index >= 15 is 0 Å². The summed E-state index contributed by atoms with van der Waals surface area (Å²) in [6.07, 6.45) is 4.27. The van der Waals surface area contributed by atoms with Crippen LogP contribution in [-0.2, 0) is 6.54 Å². The van der Waals surface area contributed by atoms with Crippen molar-refractivity contribution in [1.29, 1.82) is 0 Å². The first-order chi connectivity index (χ1) is 12.2. The van der Waals surface area contributed by atoms with Crippen LogP contribution in [0, 0.1) is 6.92 Å². The summed E-state index contributed by atoms with van der Waals surface area (Å²) in [6, 6.07) is 11.1. The van der Waals surface area contributed by atoms with Crippen LogP contribution >= 0.6 is 35.3 Å². The highest BCUT2D eigenvalue weighted by Crippen LogP contribution is 2.19. The molecule has 0 radical (unpaired) electrons. The molecule has 1 aliphatic heterocycles. The molecule has 1 unspecified atom stereocenters. The number of anilines is 1. The van der Waals surface area contributed by atoms with Crippen LogP contribution in [-0.4, -0.2) is 36.6 Å². The van der Waals surface area contributed by atoms with E-state index in [2.05, 4.69) is 64.7 Å². The fourth-order valence-electron chi connectivity index (χ4n) is 3.10. The number of para-hydroxylation sites is 1. The molecule has 5 nitrogen and oxygen atoms in total. The molecule has 1 atom stereocenters. The molecule has 2 N–H and O–H groups in total. The zero-order valence-corrected chi connectivity index (χ0v) is 18.6. The van der Waals surface area contributed by atoms with Crippen molar-refractivity contribution in [1.82, 2.24) is 15.6 Å². The Bertz CT molecular complexity index is 688. The standard InChI is InChI=1S/C19H27N5S.HI/c1-3-20-19(22-13-18-21-12-15(2)25-18)23-16-8-7-11-24(14-16)17-9-5-4-6-10-17;/h4-6,9-10,12,16H,3,7-8,11,13-14H2,1-2H3,(H2,20,22,23);1H. The molecule has 0 bridgehead atoms. The third-order valence-electron chi connectivity index (χ3n) is 4.27. The van der Waals surface area contributed by atoms with Gasteiger partial charge in [0.15, 0.2) is 5.96 Å². The maximum Gasteiger partial charge on any atom is 0.191 e. The van der Waals surface area contributed by atoms with Gasteiger partial charge in [-0.25, -0.2) is 9.98 Å². The Morgan fingerprint density at radius 1 is 1.35 bits per heavy atom. The summed E-state index contributed by atoms with van der Waals surface area (Å²) in [7, 11) is 0. The van der Waals surface area contributed by atoms with Gasteiger partial charge in [0.05, 0.1) is 6.54 Å². The lowest BCUT2D eigenvalue weighted by atomic mass is 10.1. The fraction of sp³-hybridized carbons (Fsp3) is 0.474. The first kappa shape index (κ1) is 21.0. The molecule has 142 valence electrons. The number of hydrogen-bond acceptors (Lipinski definition) is 4. The first-order valence-corrected chi connectivity index (χ1v) is 9.82. The van der Waals surface area contributed by atoms with Crippen LogP contribution in [0.1, 0.15) is 29.7 Å². The number of halogens is 1. The van der Waals surface area contributed by atoms with Crippen molar-refractivity contribution in [2.75, 3.05) is 24.5 Å². The van der Waals surface area contributed by atoms with Gasteiger partial charge in [0.2, 0.25) is 0 Å². The summed E-state index contributed by atoms with van der Waals surface area (Å²) >= 11 is 1.71. The number of thiazole rings is 1. The molecule has 0 saturated carbocycles. The van der Waals surface area contributed by atoms with Crippen molar-refractivity contribution in [2.24, 2.45) is 4.99 Å². The summed E-state index contributed by atoms with van der Waals surface area (Å²) in [4.78, 5) is 12.8. The molecule has 0 spiro atoms. The molecule has 7 heteroatoms. The number of aliphatic imine (C=N–C) groups is 1. The molecule has 2 aromatic rings. The summed E-state index contributed by atoms with van der Waals surface area (Å²) < 4.78 is 0. The van der Waals surface area contributed by atoms with Crippen LogP contribution in [0.5, 0.6) is 0 Å². The summed E-state index contributed by atoms with van der Waals surface area (Å²) in [5, 5.41) is 8.03. The molecule has 2 heterocycles. The predicted octanol–water partition coefficient (Wildman–Crippen LogP) is 3.79. The van der Waals surface area contributed by atoms with E-state index in [1.807, 2.05) is 6.20 Å². The second kappa shape index (κ2) is 10.7. The lowest BCUT2D eigenvalue weighted by molar-refractivity contribution is 0.468. The maximum absolute atomic E-state index is 4.71. The molecule has 0 amide bonds. The second-order valence-electron chi connectivity index (χ2n) is 6.32. The van der Waals surface area contributed by atoms with Gasteiger partial charge in [0.1, 0.15) is 5.01 Å². The Balaban J connectivity index is 0.00000243. The number of piperidine rings is 1. The number of nitrogens with one attached hydrogen (secondary N) is 2. The minimum absolute atomic E-state index is 0. The maximum atomic E-state index is 4.71. The fourth-order valence-corrected chi connectivity index (χ4v) is 3.81. The second-order valence-corrected chi connectivity index (χ2v) is 7.64. The largest absolute Gasteiger partial charge is 0.369 e. The van der Waals surface area contributed by atoms with Gasteiger partial charge in [-0.15, -0.1) is 35.3 Å². The van der Waals surface area contributed by atoms with Crippen LogP contribution < -0.4 is 15.5 Å². The average molecular weight is 485 g/mol. The smallest absolute Gasteiger partial charge is 0.191 e. The molecule has 26 heavy (non-hydrogen) atoms. The Morgan fingerprint density at radius 2 is 2.15 bits per heavy atom. The van der Waals surface area contributed by atoms with Crippen molar-refractivity contribution in [3.63, 3.8) is 0 Å². The third kappa shape index (κ3) is 6.12. The Labute approximate surface area is 177 Å². The van der Waals surface area contributed by atoms with E-state index in [1.54, 1.807) is 11.3 Å². The topological polar surface area (TPSA) is 52.6 Å². The number of hydrogen-bond donors (Lipinski definition) is 2. The molecule has 1 aliphatic rings. The van der Waals surface area contributed by atoms with Crippen molar-refractivity contribution in [3.05, 3.63) is 46.4 Å². The zero-order chi connectivity index (χ0) is 17.5. The molecule has 0 aliphatic carbocycles. The van der Waals surface area contributed by atoms with Gasteiger partial charge in [-0.1, -0.05) is 18.2 Å². The minimum atomic E-state index is 0. The molecular formula is C19H28IN5S. The highest BCUT2D eigenvalue weighted by atomic mass is 127. The molecule has 1 aromatic heterocycles. The van der Waals surface area contributed by atoms with E-state index < -0.39 is 0 Å². The number of aromatic nitrogens is 1. The number of guanidine groups is 1. The van der Waals surface area contributed by atoms with Gasteiger partial charge in [-0.3, -0.25) is 0 Å². The highest BCUT2D eigenvalue weighted by Gasteiger charge is 2.20. The molecule has 3 rings (SSSR count). The van der Waals surface area contributed by atoms with E-state index in [0.29, 0.717) is 12.6 Å². The van der Waals surface area contributed by atoms with Crippen LogP contribution in [0.15, 0.2) is 41.5 Å². The van der Waals surface area contributed by atoms with Gasteiger partial charge in [0, 0.05) is 42.4 Å². The molecule has 1 aromatic carbocycles. The average Bonchev–Trinajstić information content (AvgIpc) is 3.06. The Hall–Kier alpha value is -1.35. The SMILES string of the molecule is CCNC(=NCc1ncc(C)s1)NC1CCCN(c2ccccc2)C1.I. The van der Waals surface area contributed by atoms with E-state index in [0.717, 1.165) is 30.6 Å². The molecule has 1 fully saturated rings. The Morgan fingerprint density at radius 3 is 2.85 bits per heavy atom. The van der Waals surface area contributed by atoms with Gasteiger partial charge in [0.25, 0.3) is 0 Å². The van der Waals surface area contributed by atoms with Crippen molar-refractivity contribution >= 4 is 47.0 Å². The van der Waals surface area contributed by atoms with Gasteiger partial charge in [-0.2, -0.15) is 0 Å². The summed E-state index contributed by atoms with van der Waals surface area (Å²) in [5.41, 5.74) is 1.30. The number of rotatable bonds is 5. The van der Waals surface area contributed by atoms with Crippen molar-refractivity contribution < 1.29 is 0 Å². The number of nitrogens with zero attached hydrogens (tertiary/aromatic N) is 3. The van der Waals surface area contributed by atoms with Crippen LogP contribution in [0.3, 0.4) is 0 Å². The van der Waals surface area contributed by atoms with Crippen LogP contribution in [0.4, 0.5) is 5.69 Å². The number of benzene rings is 1. The van der Waals surface area contributed by atoms with Crippen molar-refractivity contribution in [3.8, 4) is 0 Å². The van der Waals surface area contributed by atoms with Gasteiger partial charge < -0.3 is 15.5 Å². The molecule has 1 saturated heterocycles. The zero-order valence-electron chi connectivity index (χ0n) is 15.4. The van der Waals surface area contributed by atoms with Crippen LogP contribution in [0.25, 0.3) is 0 Å². The van der Waals surface area contributed by atoms with Crippen LogP contribution in [0.2, 0.25) is 0 Å². The predicted molar refractivity (Wildman–Crippen MR) is 122 cm³/mol. The van der Waals surface area contributed by atoms with Crippen molar-refractivity contribution in [2.45, 2.75) is 39.3 Å². The van der Waals surface area contributed by atoms with Gasteiger partial charge >= 0.3 is 0 Å². The number of aryl methyl sites for hydroxylation is 1. The summed E-state index contributed by atoms with van der Waals surface area (Å²) in [5.74, 6) is 0.885. The first-order valence-electron chi connectivity index (χ1n) is 9.00. The highest BCUT2D eigenvalue weighted by molar-refractivity contribution is 14.0. The Kier molecular flexibility index (Phi) is 8.64. The van der Waals surface area contributed by atoms with E-state index in [4.69, 9.17) is 4.99 Å². The third-order valence-corrected chi connectivity index (χ3v) is 5.17. The van der Waals surface area contributed by atoms with Gasteiger partial charge in [-0.05, 0) is 38.8 Å². The minimum Gasteiger partial charge on any atom is -0.369 e. The lowest BCUT2D eigenvalue weighted by Crippen LogP contribution is -2.51. The van der Waals surface area contributed by atoms with E-state index in [-0.39, 0.29) is 24.0 Å². The normalized spacial score (nSPS) is 17.5.